The maximum Gasteiger partial charge on any atom is 0.297 e. The summed E-state index contributed by atoms with van der Waals surface area (Å²) in [4.78, 5) is 12.9. The number of alkyl halides is 2. The lowest BCUT2D eigenvalue weighted by Gasteiger charge is -2.03. The largest absolute Gasteiger partial charge is 0.297 e. The maximum absolute atomic E-state index is 12.3. The zero-order valence-corrected chi connectivity index (χ0v) is 8.72. The highest BCUT2D eigenvalue weighted by atomic mass is 79.9. The Hall–Kier alpha value is -0.820. The second-order valence-corrected chi connectivity index (χ2v) is 3.38. The molecule has 0 saturated carbocycles. The van der Waals surface area contributed by atoms with Gasteiger partial charge in [-0.3, -0.25) is 10.1 Å². The van der Waals surface area contributed by atoms with E-state index in [0.29, 0.717) is 6.20 Å². The number of aromatic nitrogens is 1. The fraction of sp³-hybridized carbons (Fsp3) is 0.167. The Morgan fingerprint density at radius 1 is 1.64 bits per heavy atom. The van der Waals surface area contributed by atoms with E-state index >= 15 is 0 Å². The third kappa shape index (κ3) is 1.98. The molecule has 0 fully saturated rings. The smallest absolute Gasteiger partial charge is 0.258 e. The molecule has 0 aliphatic rings. The average Bonchev–Trinajstić information content (AvgIpc) is 2.08. The van der Waals surface area contributed by atoms with Crippen molar-refractivity contribution in [2.75, 3.05) is 0 Å². The highest BCUT2D eigenvalue weighted by Gasteiger charge is 2.27. The minimum absolute atomic E-state index is 0.221. The van der Waals surface area contributed by atoms with Crippen LogP contribution in [-0.4, -0.2) is 9.91 Å². The van der Waals surface area contributed by atoms with Gasteiger partial charge in [0.2, 0.25) is 0 Å². The minimum Gasteiger partial charge on any atom is -0.258 e. The normalized spacial score (nSPS) is 10.6. The van der Waals surface area contributed by atoms with Crippen molar-refractivity contribution < 1.29 is 13.7 Å². The van der Waals surface area contributed by atoms with Crippen molar-refractivity contribution in [2.24, 2.45) is 0 Å². The van der Waals surface area contributed by atoms with Gasteiger partial charge in [0.25, 0.3) is 12.1 Å². The molecule has 0 aliphatic carbocycles. The van der Waals surface area contributed by atoms with Gasteiger partial charge in [-0.2, -0.15) is 0 Å². The van der Waals surface area contributed by atoms with E-state index in [4.69, 9.17) is 11.6 Å². The molecule has 76 valence electrons. The van der Waals surface area contributed by atoms with E-state index in [1.807, 2.05) is 0 Å². The summed E-state index contributed by atoms with van der Waals surface area (Å²) in [6, 6.07) is 0. The van der Waals surface area contributed by atoms with E-state index in [2.05, 4.69) is 20.9 Å². The van der Waals surface area contributed by atoms with Crippen LogP contribution in [0.15, 0.2) is 10.7 Å². The second-order valence-electron chi connectivity index (χ2n) is 2.22. The quantitative estimate of drug-likeness (QED) is 0.476. The first kappa shape index (κ1) is 11.3. The van der Waals surface area contributed by atoms with Crippen molar-refractivity contribution in [1.29, 1.82) is 0 Å². The Labute approximate surface area is 90.2 Å². The van der Waals surface area contributed by atoms with E-state index in [9.17, 15) is 18.9 Å². The lowest BCUT2D eigenvalue weighted by molar-refractivity contribution is -0.387. The molecule has 1 rings (SSSR count). The zero-order valence-electron chi connectivity index (χ0n) is 6.38. The fourth-order valence-electron chi connectivity index (χ4n) is 0.814. The molecule has 0 radical (unpaired) electrons. The summed E-state index contributed by atoms with van der Waals surface area (Å²) in [5, 5.41) is 10.2. The molecule has 0 saturated heterocycles. The minimum atomic E-state index is -2.96. The van der Waals surface area contributed by atoms with Gasteiger partial charge >= 0.3 is 0 Å². The number of hydrogen-bond acceptors (Lipinski definition) is 3. The fourth-order valence-corrected chi connectivity index (χ4v) is 1.43. The summed E-state index contributed by atoms with van der Waals surface area (Å²) in [7, 11) is 0. The summed E-state index contributed by atoms with van der Waals surface area (Å²) in [6.07, 6.45) is -2.27. The zero-order chi connectivity index (χ0) is 10.9. The van der Waals surface area contributed by atoms with Crippen molar-refractivity contribution in [3.05, 3.63) is 31.5 Å². The van der Waals surface area contributed by atoms with Crippen molar-refractivity contribution in [2.45, 2.75) is 6.43 Å². The molecular weight excluding hydrogens is 285 g/mol. The molecule has 0 aliphatic heterocycles. The molecule has 1 heterocycles. The molecule has 0 aromatic carbocycles. The van der Waals surface area contributed by atoms with Gasteiger partial charge in [-0.25, -0.2) is 13.8 Å². The van der Waals surface area contributed by atoms with Crippen LogP contribution in [0.25, 0.3) is 0 Å². The highest BCUT2D eigenvalue weighted by Crippen LogP contribution is 2.37. The number of halogens is 4. The van der Waals surface area contributed by atoms with Gasteiger partial charge in [-0.05, 0) is 15.9 Å². The molecule has 0 bridgehead atoms. The third-order valence-corrected chi connectivity index (χ3v) is 2.66. The summed E-state index contributed by atoms with van der Waals surface area (Å²) >= 11 is 8.16. The van der Waals surface area contributed by atoms with Crippen LogP contribution >= 0.6 is 27.5 Å². The lowest BCUT2D eigenvalue weighted by atomic mass is 10.2. The SMILES string of the molecule is O=[N+]([O-])c1c(C(F)F)cnc(Cl)c1Br. The van der Waals surface area contributed by atoms with E-state index < -0.39 is 22.6 Å². The molecule has 0 spiro atoms. The number of hydrogen-bond donors (Lipinski definition) is 0. The van der Waals surface area contributed by atoms with Crippen molar-refractivity contribution in [1.82, 2.24) is 4.98 Å². The second kappa shape index (κ2) is 4.14. The van der Waals surface area contributed by atoms with Crippen LogP contribution in [0.5, 0.6) is 0 Å². The molecule has 0 atom stereocenters. The standard InChI is InChI=1S/C6H2BrClF2N2O2/c7-3-4(12(13)14)2(6(9)10)1-11-5(3)8/h1,6H. The van der Waals surface area contributed by atoms with Gasteiger partial charge in [0, 0.05) is 6.20 Å². The molecule has 0 N–H and O–H groups in total. The first-order chi connectivity index (χ1) is 6.45. The molecule has 0 amide bonds. The predicted molar refractivity (Wildman–Crippen MR) is 48.6 cm³/mol. The van der Waals surface area contributed by atoms with Crippen LogP contribution in [0, 0.1) is 10.1 Å². The Bertz CT molecular complexity index is 388. The van der Waals surface area contributed by atoms with Crippen LogP contribution in [-0.2, 0) is 0 Å². The summed E-state index contributed by atoms with van der Waals surface area (Å²) in [5.74, 6) is 0. The van der Waals surface area contributed by atoms with Crippen LogP contribution in [0.4, 0.5) is 14.5 Å². The van der Waals surface area contributed by atoms with Gasteiger partial charge in [0.05, 0.1) is 4.92 Å². The molecule has 8 heteroatoms. The van der Waals surface area contributed by atoms with E-state index in [-0.39, 0.29) is 9.63 Å². The van der Waals surface area contributed by atoms with Crippen LogP contribution in [0.2, 0.25) is 5.15 Å². The summed E-state index contributed by atoms with van der Waals surface area (Å²) < 4.78 is 24.3. The molecule has 4 nitrogen and oxygen atoms in total. The summed E-state index contributed by atoms with van der Waals surface area (Å²) in [6.45, 7) is 0. The predicted octanol–water partition coefficient (Wildman–Crippen LogP) is 3.34. The lowest BCUT2D eigenvalue weighted by Crippen LogP contribution is -1.99. The number of nitrogens with zero attached hydrogens (tertiary/aromatic N) is 2. The first-order valence-electron chi connectivity index (χ1n) is 3.21. The molecule has 14 heavy (non-hydrogen) atoms. The van der Waals surface area contributed by atoms with Gasteiger partial charge in [-0.15, -0.1) is 0 Å². The maximum atomic E-state index is 12.3. The Kier molecular flexibility index (Phi) is 3.33. The first-order valence-corrected chi connectivity index (χ1v) is 4.38. The monoisotopic (exact) mass is 286 g/mol. The third-order valence-electron chi connectivity index (χ3n) is 1.40. The van der Waals surface area contributed by atoms with Gasteiger partial charge in [0.15, 0.2) is 0 Å². The van der Waals surface area contributed by atoms with Crippen molar-refractivity contribution in [3.8, 4) is 0 Å². The van der Waals surface area contributed by atoms with E-state index in [1.165, 1.54) is 0 Å². The van der Waals surface area contributed by atoms with Crippen LogP contribution < -0.4 is 0 Å². The number of nitro groups is 1. The number of rotatable bonds is 2. The van der Waals surface area contributed by atoms with E-state index in [1.54, 1.807) is 0 Å². The molecule has 1 aromatic rings. The average molecular weight is 287 g/mol. The molecule has 1 aromatic heterocycles. The Morgan fingerprint density at radius 3 is 2.64 bits per heavy atom. The van der Waals surface area contributed by atoms with Crippen molar-refractivity contribution in [3.63, 3.8) is 0 Å². The molecular formula is C6H2BrClF2N2O2. The Morgan fingerprint density at radius 2 is 2.21 bits per heavy atom. The van der Waals surface area contributed by atoms with E-state index in [0.717, 1.165) is 0 Å². The van der Waals surface area contributed by atoms with Crippen LogP contribution in [0.3, 0.4) is 0 Å². The Balaban J connectivity index is 3.45. The molecule has 0 unspecified atom stereocenters. The van der Waals surface area contributed by atoms with Crippen LogP contribution in [0.1, 0.15) is 12.0 Å². The highest BCUT2D eigenvalue weighted by molar-refractivity contribution is 9.10. The van der Waals surface area contributed by atoms with Gasteiger partial charge < -0.3 is 0 Å². The number of pyridine rings is 1. The van der Waals surface area contributed by atoms with Crippen molar-refractivity contribution >= 4 is 33.2 Å². The summed E-state index contributed by atoms with van der Waals surface area (Å²) in [5.41, 5.74) is -1.51. The van der Waals surface area contributed by atoms with Gasteiger partial charge in [-0.1, -0.05) is 11.6 Å². The van der Waals surface area contributed by atoms with Gasteiger partial charge in [0.1, 0.15) is 15.2 Å². The topological polar surface area (TPSA) is 56.0 Å².